The Morgan fingerprint density at radius 2 is 1.85 bits per heavy atom. The second-order valence-corrected chi connectivity index (χ2v) is 8.71. The van der Waals surface area contributed by atoms with Crippen molar-refractivity contribution in [1.82, 2.24) is 9.88 Å². The van der Waals surface area contributed by atoms with Crippen molar-refractivity contribution in [2.45, 2.75) is 86.1 Å². The van der Waals surface area contributed by atoms with Gasteiger partial charge in [0.05, 0.1) is 0 Å². The molecule has 2 N–H and O–H groups in total. The first-order valence-corrected chi connectivity index (χ1v) is 12.6. The molecular weight excluding hydrogens is 628 g/mol. The molecule has 0 saturated carbocycles. The molecule has 0 bridgehead atoms. The molecule has 1 atom stereocenters. The largest absolute Gasteiger partial charge is 0.398 e. The van der Waals surface area contributed by atoms with Gasteiger partial charge < -0.3 is 5.73 Å². The second-order valence-electron chi connectivity index (χ2n) is 8.71. The number of aryl methyl sites for hydroxylation is 1. The fraction of sp³-hybridized carbons (Fsp3) is 0.552. The number of rotatable bonds is 7. The van der Waals surface area contributed by atoms with E-state index in [2.05, 4.69) is 81.0 Å². The zero-order chi connectivity index (χ0) is 23.9. The molecule has 2 aromatic rings. The molecule has 1 unspecified atom stereocenters. The zero-order valence-electron chi connectivity index (χ0n) is 22.1. The normalized spacial score (nSPS) is 15.0. The molecule has 0 fully saturated rings. The third-order valence-electron chi connectivity index (χ3n) is 5.74. The Labute approximate surface area is 228 Å². The van der Waals surface area contributed by atoms with Crippen LogP contribution < -0.4 is 5.73 Å². The third-order valence-corrected chi connectivity index (χ3v) is 5.74. The molecule has 0 saturated heterocycles. The van der Waals surface area contributed by atoms with E-state index in [1.54, 1.807) is 0 Å². The molecule has 0 spiro atoms. The number of nitrogens with two attached hydrogens (primary N) is 1. The zero-order valence-corrected chi connectivity index (χ0v) is 26.3. The van der Waals surface area contributed by atoms with Crippen LogP contribution in [0.1, 0.15) is 102 Å². The van der Waals surface area contributed by atoms with Crippen molar-refractivity contribution in [2.75, 3.05) is 13.6 Å². The van der Waals surface area contributed by atoms with Gasteiger partial charge in [0.25, 0.3) is 0 Å². The molecular formula is C29H46N3U-. The van der Waals surface area contributed by atoms with Gasteiger partial charge in [-0.3, -0.25) is 9.88 Å². The van der Waals surface area contributed by atoms with Gasteiger partial charge in [-0.25, -0.2) is 0 Å². The van der Waals surface area contributed by atoms with Crippen LogP contribution in [-0.4, -0.2) is 23.5 Å². The summed E-state index contributed by atoms with van der Waals surface area (Å²) in [7, 11) is 2.12. The summed E-state index contributed by atoms with van der Waals surface area (Å²) in [6.45, 7) is 13.8. The van der Waals surface area contributed by atoms with Crippen molar-refractivity contribution in [2.24, 2.45) is 11.7 Å². The smallest absolute Gasteiger partial charge is 0.0385 e. The molecule has 182 valence electrons. The van der Waals surface area contributed by atoms with Crippen molar-refractivity contribution >= 4 is 5.70 Å². The average molecular weight is 675 g/mol. The maximum atomic E-state index is 6.18. The van der Waals surface area contributed by atoms with Gasteiger partial charge in [-0.15, -0.1) is 5.56 Å². The van der Waals surface area contributed by atoms with E-state index in [-0.39, 0.29) is 37.2 Å². The summed E-state index contributed by atoms with van der Waals surface area (Å²) in [5, 5.41) is 0. The topological polar surface area (TPSA) is 42.1 Å². The maximum Gasteiger partial charge on any atom is 0.0385 e. The summed E-state index contributed by atoms with van der Waals surface area (Å²) in [6, 6.07) is 12.1. The SMILES string of the molecule is CC.CCCCCCC(C)C.CCc1c[c-]c(C2c3ccncc3C(N)=CCN2C)cc1.[U]. The quantitative estimate of drug-likeness (QED) is 0.246. The Bertz CT molecular complexity index is 784. The number of hydrogen-bond donors (Lipinski definition) is 1. The van der Waals surface area contributed by atoms with Crippen LogP contribution in [0, 0.1) is 43.1 Å². The number of fused-ring (bicyclic) bond motifs is 1. The second kappa shape index (κ2) is 18.3. The minimum absolute atomic E-state index is 0. The predicted molar refractivity (Wildman–Crippen MR) is 140 cm³/mol. The molecule has 33 heavy (non-hydrogen) atoms. The van der Waals surface area contributed by atoms with Crippen LogP contribution in [0.5, 0.6) is 0 Å². The van der Waals surface area contributed by atoms with Crippen LogP contribution in [0.25, 0.3) is 5.70 Å². The van der Waals surface area contributed by atoms with E-state index in [0.717, 1.165) is 30.1 Å². The van der Waals surface area contributed by atoms with E-state index < -0.39 is 0 Å². The molecule has 1 aliphatic heterocycles. The Morgan fingerprint density at radius 3 is 2.42 bits per heavy atom. The van der Waals surface area contributed by atoms with E-state index >= 15 is 0 Å². The number of benzene rings is 1. The summed E-state index contributed by atoms with van der Waals surface area (Å²) in [6.07, 6.45) is 13.9. The minimum Gasteiger partial charge on any atom is -0.398 e. The Balaban J connectivity index is 0.000000730. The first-order valence-electron chi connectivity index (χ1n) is 12.6. The van der Waals surface area contributed by atoms with Crippen LogP contribution in [0.15, 0.2) is 42.7 Å². The van der Waals surface area contributed by atoms with Gasteiger partial charge in [0.1, 0.15) is 0 Å². The van der Waals surface area contributed by atoms with Gasteiger partial charge in [0.2, 0.25) is 0 Å². The molecule has 2 heterocycles. The van der Waals surface area contributed by atoms with Crippen LogP contribution in [0.2, 0.25) is 0 Å². The van der Waals surface area contributed by atoms with Gasteiger partial charge in [0, 0.05) is 67.4 Å². The maximum absolute atomic E-state index is 6.18. The first kappa shape index (κ1) is 31.9. The Kier molecular flexibility index (Phi) is 17.7. The van der Waals surface area contributed by atoms with Gasteiger partial charge >= 0.3 is 0 Å². The summed E-state index contributed by atoms with van der Waals surface area (Å²) >= 11 is 0. The average Bonchev–Trinajstić information content (AvgIpc) is 2.95. The first-order chi connectivity index (χ1) is 15.5. The van der Waals surface area contributed by atoms with E-state index in [9.17, 15) is 0 Å². The Morgan fingerprint density at radius 1 is 1.12 bits per heavy atom. The number of aromatic nitrogens is 1. The van der Waals surface area contributed by atoms with Crippen LogP contribution in [-0.2, 0) is 6.42 Å². The molecule has 1 aromatic carbocycles. The fourth-order valence-corrected chi connectivity index (χ4v) is 3.82. The van der Waals surface area contributed by atoms with Crippen molar-refractivity contribution in [3.8, 4) is 0 Å². The van der Waals surface area contributed by atoms with Crippen LogP contribution >= 0.6 is 0 Å². The van der Waals surface area contributed by atoms with Crippen molar-refractivity contribution in [1.29, 1.82) is 0 Å². The Hall–Kier alpha value is -1.08. The summed E-state index contributed by atoms with van der Waals surface area (Å²) in [5.74, 6) is 0.904. The predicted octanol–water partition coefficient (Wildman–Crippen LogP) is 7.42. The number of pyridine rings is 1. The molecule has 3 nitrogen and oxygen atoms in total. The van der Waals surface area contributed by atoms with Crippen molar-refractivity contribution < 1.29 is 31.1 Å². The molecule has 1 aliphatic rings. The monoisotopic (exact) mass is 674 g/mol. The van der Waals surface area contributed by atoms with E-state index in [4.69, 9.17) is 5.73 Å². The number of unbranched alkanes of at least 4 members (excludes halogenated alkanes) is 3. The molecule has 3 rings (SSSR count). The van der Waals surface area contributed by atoms with E-state index in [1.807, 2.05) is 26.2 Å². The minimum atomic E-state index is 0. The summed E-state index contributed by atoms with van der Waals surface area (Å²) in [4.78, 5) is 6.51. The fourth-order valence-electron chi connectivity index (χ4n) is 3.82. The van der Waals surface area contributed by atoms with Crippen molar-refractivity contribution in [3.63, 3.8) is 0 Å². The third kappa shape index (κ3) is 10.8. The van der Waals surface area contributed by atoms with Gasteiger partial charge in [-0.1, -0.05) is 80.1 Å². The van der Waals surface area contributed by atoms with Gasteiger partial charge in [-0.05, 0) is 30.7 Å². The standard InChI is InChI=1S/C18H20N3.C9H20.C2H6.U/c1-3-13-4-6-14(7-5-13)18-15-8-10-20-12-16(15)17(19)9-11-21(18)2;1-4-5-6-7-8-9(2)3;1-2;/h4-6,8-10,12,18H,3,11,19H2,1-2H3;9H,4-8H2,1-3H3;1-2H3;/q-1;;;. The molecule has 1 aromatic heterocycles. The van der Waals surface area contributed by atoms with Gasteiger partial charge in [-0.2, -0.15) is 29.8 Å². The molecule has 0 amide bonds. The van der Waals surface area contributed by atoms with Crippen molar-refractivity contribution in [3.05, 3.63) is 71.1 Å². The number of nitrogens with zero attached hydrogens (tertiary/aromatic N) is 2. The summed E-state index contributed by atoms with van der Waals surface area (Å²) < 4.78 is 0. The summed E-state index contributed by atoms with van der Waals surface area (Å²) in [5.41, 5.74) is 11.7. The number of hydrogen-bond acceptors (Lipinski definition) is 3. The van der Waals surface area contributed by atoms with E-state index in [0.29, 0.717) is 0 Å². The van der Waals surface area contributed by atoms with E-state index in [1.165, 1.54) is 48.8 Å². The van der Waals surface area contributed by atoms with Gasteiger partial charge in [0.15, 0.2) is 0 Å². The molecule has 0 aliphatic carbocycles. The number of likely N-dealkylation sites (N-methyl/N-ethyl adjacent to an activating group) is 1. The van der Waals surface area contributed by atoms with Crippen LogP contribution in [0.4, 0.5) is 0 Å². The molecule has 0 radical (unpaired) electrons. The molecule has 4 heteroatoms. The van der Waals surface area contributed by atoms with Crippen LogP contribution in [0.3, 0.4) is 0 Å².